The molecule has 2 aliphatic heterocycles. The molecule has 5 atom stereocenters. The first-order valence-electron chi connectivity index (χ1n) is 12.4. The van der Waals surface area contributed by atoms with E-state index in [4.69, 9.17) is 29.4 Å². The van der Waals surface area contributed by atoms with E-state index in [0.29, 0.717) is 40.7 Å². The second-order valence-corrected chi connectivity index (χ2v) is 11.8. The van der Waals surface area contributed by atoms with Gasteiger partial charge in [-0.15, -0.1) is 0 Å². The van der Waals surface area contributed by atoms with Gasteiger partial charge in [0.15, 0.2) is 23.5 Å². The number of alkyl carbamates (subject to hydrolysis) is 1. The minimum atomic E-state index is -0.831. The molecule has 0 aliphatic carbocycles. The van der Waals surface area contributed by atoms with Crippen LogP contribution in [0.5, 0.6) is 0 Å². The van der Waals surface area contributed by atoms with E-state index in [9.17, 15) is 9.59 Å². The van der Waals surface area contributed by atoms with Gasteiger partial charge in [0.05, 0.1) is 19.5 Å². The number of amides is 1. The molecule has 210 valence electrons. The number of aromatic nitrogens is 4. The Hall–Kier alpha value is -2.68. The molecule has 0 bridgehead atoms. The fourth-order valence-electron chi connectivity index (χ4n) is 4.50. The molecule has 2 saturated heterocycles. The standard InChI is InChI=1S/C24H36N6O7S/c1-12-27-18(25)15-19(28-12)30(11-26-15)20-17-16(35-24(5,6)36-17)14(34-20)10-38-9-8-13(21(31)33-7)29-22(32)37-23(2,3)4/h11,13-14,16-17,20H,8-10H2,1-7H3,(H,29,32)(H2,25,27,28)/t13?,14-,16-,17-,20-/m1/s1. The van der Waals surface area contributed by atoms with E-state index in [1.807, 2.05) is 18.4 Å². The highest BCUT2D eigenvalue weighted by molar-refractivity contribution is 7.99. The average Bonchev–Trinajstić information content (AvgIpc) is 3.45. The number of carbonyl (C=O) groups excluding carboxylic acids is 2. The number of hydrogen-bond donors (Lipinski definition) is 2. The number of hydrogen-bond acceptors (Lipinski definition) is 12. The van der Waals surface area contributed by atoms with Crippen LogP contribution in [0.3, 0.4) is 0 Å². The average molecular weight is 553 g/mol. The molecule has 4 heterocycles. The van der Waals surface area contributed by atoms with E-state index in [0.717, 1.165) is 0 Å². The Morgan fingerprint density at radius 3 is 2.66 bits per heavy atom. The number of methoxy groups -OCH3 is 1. The van der Waals surface area contributed by atoms with Crippen LogP contribution in [-0.2, 0) is 28.5 Å². The summed E-state index contributed by atoms with van der Waals surface area (Å²) in [7, 11) is 1.28. The van der Waals surface area contributed by atoms with Crippen LogP contribution in [0.2, 0.25) is 0 Å². The molecule has 2 aromatic rings. The number of ether oxygens (including phenoxy) is 5. The monoisotopic (exact) mass is 552 g/mol. The topological polar surface area (TPSA) is 162 Å². The van der Waals surface area contributed by atoms with Crippen LogP contribution in [0.1, 0.15) is 53.1 Å². The highest BCUT2D eigenvalue weighted by Crippen LogP contribution is 2.44. The van der Waals surface area contributed by atoms with Crippen molar-refractivity contribution in [3.05, 3.63) is 12.2 Å². The highest BCUT2D eigenvalue weighted by atomic mass is 32.2. The van der Waals surface area contributed by atoms with Crippen LogP contribution >= 0.6 is 11.8 Å². The van der Waals surface area contributed by atoms with Crippen molar-refractivity contribution in [2.75, 3.05) is 24.3 Å². The van der Waals surface area contributed by atoms with Crippen molar-refractivity contribution in [3.8, 4) is 0 Å². The first-order valence-corrected chi connectivity index (χ1v) is 13.6. The normalized spacial score (nSPS) is 25.2. The van der Waals surface area contributed by atoms with Crippen molar-refractivity contribution in [3.63, 3.8) is 0 Å². The molecule has 2 aromatic heterocycles. The van der Waals surface area contributed by atoms with Gasteiger partial charge < -0.3 is 34.7 Å². The molecule has 4 rings (SSSR count). The Balaban J connectivity index is 1.41. The van der Waals surface area contributed by atoms with Gasteiger partial charge in [0.25, 0.3) is 0 Å². The lowest BCUT2D eigenvalue weighted by Crippen LogP contribution is -2.44. The summed E-state index contributed by atoms with van der Waals surface area (Å²) in [6, 6.07) is -0.831. The Kier molecular flexibility index (Phi) is 8.07. The lowest BCUT2D eigenvalue weighted by Gasteiger charge is -2.25. The van der Waals surface area contributed by atoms with E-state index >= 15 is 0 Å². The van der Waals surface area contributed by atoms with E-state index in [1.54, 1.807) is 45.8 Å². The molecule has 0 radical (unpaired) electrons. The van der Waals surface area contributed by atoms with Gasteiger partial charge in [-0.05, 0) is 53.7 Å². The number of nitrogens with two attached hydrogens (primary N) is 1. The Morgan fingerprint density at radius 1 is 1.26 bits per heavy atom. The molecule has 13 nitrogen and oxygen atoms in total. The van der Waals surface area contributed by atoms with E-state index in [1.165, 1.54) is 7.11 Å². The third-order valence-corrected chi connectivity index (χ3v) is 7.06. The predicted molar refractivity (Wildman–Crippen MR) is 139 cm³/mol. The van der Waals surface area contributed by atoms with Crippen molar-refractivity contribution in [2.45, 2.75) is 89.9 Å². The van der Waals surface area contributed by atoms with Crippen LogP contribution in [0.25, 0.3) is 11.2 Å². The summed E-state index contributed by atoms with van der Waals surface area (Å²) in [5, 5.41) is 2.59. The van der Waals surface area contributed by atoms with Crippen LogP contribution in [0, 0.1) is 6.92 Å². The zero-order chi connectivity index (χ0) is 27.8. The van der Waals surface area contributed by atoms with Gasteiger partial charge in [0, 0.05) is 5.75 Å². The van der Waals surface area contributed by atoms with Crippen molar-refractivity contribution >= 4 is 40.8 Å². The van der Waals surface area contributed by atoms with Gasteiger partial charge in [-0.2, -0.15) is 11.8 Å². The molecule has 1 unspecified atom stereocenters. The van der Waals surface area contributed by atoms with Gasteiger partial charge in [0.1, 0.15) is 35.2 Å². The number of nitrogens with one attached hydrogen (secondary N) is 1. The molecule has 0 spiro atoms. The third kappa shape index (κ3) is 6.30. The van der Waals surface area contributed by atoms with Gasteiger partial charge in [0.2, 0.25) is 0 Å². The molecule has 3 N–H and O–H groups in total. The summed E-state index contributed by atoms with van der Waals surface area (Å²) >= 11 is 1.57. The Morgan fingerprint density at radius 2 is 1.97 bits per heavy atom. The minimum absolute atomic E-state index is 0.301. The minimum Gasteiger partial charge on any atom is -0.467 e. The molecule has 14 heteroatoms. The smallest absolute Gasteiger partial charge is 0.408 e. The van der Waals surface area contributed by atoms with Crippen molar-refractivity contribution in [2.24, 2.45) is 0 Å². The zero-order valence-corrected chi connectivity index (χ0v) is 23.5. The third-order valence-electron chi connectivity index (χ3n) is 5.97. The Bertz CT molecular complexity index is 1180. The summed E-state index contributed by atoms with van der Waals surface area (Å²) < 4.78 is 30.8. The SMILES string of the molecule is COC(=O)C(CCSC[C@H]1O[C@@H](n2cnc3c(N)nc(C)nc32)[C@@H]2OC(C)(C)O[C@@H]21)NC(=O)OC(C)(C)C. The number of rotatable bonds is 8. The second-order valence-electron chi connectivity index (χ2n) is 10.7. The van der Waals surface area contributed by atoms with E-state index in [-0.39, 0.29) is 18.3 Å². The summed E-state index contributed by atoms with van der Waals surface area (Å²) in [6.07, 6.45) is -0.227. The van der Waals surface area contributed by atoms with Crippen molar-refractivity contribution < 1.29 is 33.3 Å². The lowest BCUT2D eigenvalue weighted by molar-refractivity contribution is -0.193. The fourth-order valence-corrected chi connectivity index (χ4v) is 5.57. The van der Waals surface area contributed by atoms with Gasteiger partial charge >= 0.3 is 12.1 Å². The molecular weight excluding hydrogens is 516 g/mol. The number of nitrogen functional groups attached to an aromatic ring is 1. The Labute approximate surface area is 225 Å². The number of anilines is 1. The summed E-state index contributed by atoms with van der Waals surface area (Å²) in [6.45, 7) is 10.8. The second kappa shape index (κ2) is 10.8. The van der Waals surface area contributed by atoms with Crippen LogP contribution < -0.4 is 11.1 Å². The largest absolute Gasteiger partial charge is 0.467 e. The lowest BCUT2D eigenvalue weighted by atomic mass is 10.1. The maximum Gasteiger partial charge on any atom is 0.408 e. The van der Waals surface area contributed by atoms with Gasteiger partial charge in [-0.25, -0.2) is 24.5 Å². The molecule has 0 saturated carbocycles. The van der Waals surface area contributed by atoms with Crippen molar-refractivity contribution in [1.29, 1.82) is 0 Å². The summed E-state index contributed by atoms with van der Waals surface area (Å²) in [4.78, 5) is 37.5. The van der Waals surface area contributed by atoms with Gasteiger partial charge in [-0.3, -0.25) is 4.57 Å². The number of imidazole rings is 1. The summed E-state index contributed by atoms with van der Waals surface area (Å²) in [5.74, 6) is 0.637. The van der Waals surface area contributed by atoms with Crippen LogP contribution in [0.4, 0.5) is 10.6 Å². The van der Waals surface area contributed by atoms with Crippen molar-refractivity contribution in [1.82, 2.24) is 24.8 Å². The molecule has 0 aromatic carbocycles. The number of esters is 1. The first kappa shape index (κ1) is 28.3. The number of thioether (sulfide) groups is 1. The number of carbonyl (C=O) groups is 2. The number of aryl methyl sites for hydroxylation is 1. The van der Waals surface area contributed by atoms with E-state index in [2.05, 4.69) is 20.3 Å². The first-order chi connectivity index (χ1) is 17.8. The quantitative estimate of drug-likeness (QED) is 0.364. The fraction of sp³-hybridized carbons (Fsp3) is 0.708. The predicted octanol–water partition coefficient (Wildman–Crippen LogP) is 2.32. The molecular formula is C24H36N6O7S. The maximum absolute atomic E-state index is 12.2. The zero-order valence-electron chi connectivity index (χ0n) is 22.7. The number of nitrogens with zero attached hydrogens (tertiary/aromatic N) is 4. The highest BCUT2D eigenvalue weighted by Gasteiger charge is 2.56. The molecule has 38 heavy (non-hydrogen) atoms. The molecule has 1 amide bonds. The van der Waals surface area contributed by atoms with Crippen LogP contribution in [-0.4, -0.2) is 85.9 Å². The number of fused-ring (bicyclic) bond motifs is 2. The van der Waals surface area contributed by atoms with Crippen LogP contribution in [0.15, 0.2) is 6.33 Å². The summed E-state index contributed by atoms with van der Waals surface area (Å²) in [5.41, 5.74) is 6.43. The molecule has 2 aliphatic rings. The van der Waals surface area contributed by atoms with Gasteiger partial charge in [-0.1, -0.05) is 0 Å². The van der Waals surface area contributed by atoms with E-state index < -0.39 is 35.7 Å². The molecule has 2 fully saturated rings. The maximum atomic E-state index is 12.2.